The summed E-state index contributed by atoms with van der Waals surface area (Å²) in [6.45, 7) is 0.110. The van der Waals surface area contributed by atoms with Gasteiger partial charge in [-0.2, -0.15) is 9.78 Å². The monoisotopic (exact) mass is 308 g/mol. The Kier molecular flexibility index (Phi) is 2.94. The van der Waals surface area contributed by atoms with E-state index in [2.05, 4.69) is 20.2 Å². The summed E-state index contributed by atoms with van der Waals surface area (Å²) in [5.41, 5.74) is 6.41. The van der Waals surface area contributed by atoms with Crippen molar-refractivity contribution >= 4 is 34.3 Å². The topological polar surface area (TPSA) is 131 Å². The van der Waals surface area contributed by atoms with Gasteiger partial charge < -0.3 is 15.8 Å². The Hall–Kier alpha value is -2.75. The summed E-state index contributed by atoms with van der Waals surface area (Å²) in [6, 6.07) is 0. The lowest BCUT2D eigenvalue weighted by molar-refractivity contribution is -0.389. The second kappa shape index (κ2) is 4.66. The van der Waals surface area contributed by atoms with Crippen LogP contribution in [0.25, 0.3) is 11.0 Å². The van der Waals surface area contributed by atoms with E-state index in [4.69, 9.17) is 17.3 Å². The zero-order valence-corrected chi connectivity index (χ0v) is 11.5. The van der Waals surface area contributed by atoms with E-state index in [0.717, 1.165) is 0 Å². The Bertz CT molecular complexity index is 854. The molecule has 0 saturated heterocycles. The summed E-state index contributed by atoms with van der Waals surface area (Å²) in [6.07, 6.45) is 2.91. The highest BCUT2D eigenvalue weighted by Gasteiger charge is 2.20. The molecule has 0 aromatic carbocycles. The molecular formula is C10H9ClN8O2. The van der Waals surface area contributed by atoms with Crippen molar-refractivity contribution in [2.24, 2.45) is 7.05 Å². The Balaban J connectivity index is 2.00. The number of aromatic nitrogens is 6. The zero-order chi connectivity index (χ0) is 15.1. The normalized spacial score (nSPS) is 11.1. The van der Waals surface area contributed by atoms with Crippen LogP contribution >= 0.6 is 11.6 Å². The second-order valence-corrected chi connectivity index (χ2v) is 4.69. The molecule has 108 valence electrons. The zero-order valence-electron chi connectivity index (χ0n) is 10.8. The van der Waals surface area contributed by atoms with Crippen LogP contribution in [0, 0.1) is 10.1 Å². The minimum atomic E-state index is -0.654. The van der Waals surface area contributed by atoms with Gasteiger partial charge in [-0.15, -0.1) is 0 Å². The Morgan fingerprint density at radius 3 is 2.90 bits per heavy atom. The maximum atomic E-state index is 10.7. The number of anilines is 1. The van der Waals surface area contributed by atoms with Gasteiger partial charge in [0.05, 0.1) is 22.9 Å². The first-order valence-electron chi connectivity index (χ1n) is 5.77. The van der Waals surface area contributed by atoms with Gasteiger partial charge >= 0.3 is 5.82 Å². The summed E-state index contributed by atoms with van der Waals surface area (Å²) in [7, 11) is 1.73. The van der Waals surface area contributed by atoms with Crippen molar-refractivity contribution in [3.05, 3.63) is 33.4 Å². The fourth-order valence-electron chi connectivity index (χ4n) is 1.90. The maximum absolute atomic E-state index is 10.7. The molecule has 2 N–H and O–H groups in total. The molecule has 0 bridgehead atoms. The van der Waals surface area contributed by atoms with Crippen LogP contribution in [0.4, 0.5) is 11.6 Å². The first-order chi connectivity index (χ1) is 9.95. The van der Waals surface area contributed by atoms with Crippen molar-refractivity contribution < 1.29 is 4.92 Å². The summed E-state index contributed by atoms with van der Waals surface area (Å²) < 4.78 is 2.85. The smallest absolute Gasteiger partial charge is 0.383 e. The van der Waals surface area contributed by atoms with Gasteiger partial charge in [-0.1, -0.05) is 11.6 Å². The predicted octanol–water partition coefficient (Wildman–Crippen LogP) is 0.752. The van der Waals surface area contributed by atoms with E-state index in [-0.39, 0.29) is 17.4 Å². The highest BCUT2D eigenvalue weighted by Crippen LogP contribution is 2.22. The van der Waals surface area contributed by atoms with Crippen molar-refractivity contribution in [3.8, 4) is 0 Å². The van der Waals surface area contributed by atoms with Crippen LogP contribution in [0.2, 0.25) is 5.02 Å². The molecule has 0 atom stereocenters. The molecule has 0 aliphatic carbocycles. The minimum Gasteiger partial charge on any atom is -0.383 e. The van der Waals surface area contributed by atoms with Crippen LogP contribution in [0.5, 0.6) is 0 Å². The fourth-order valence-corrected chi connectivity index (χ4v) is 2.12. The highest BCUT2D eigenvalue weighted by molar-refractivity contribution is 6.32. The van der Waals surface area contributed by atoms with Crippen LogP contribution in [-0.2, 0) is 13.6 Å². The van der Waals surface area contributed by atoms with Crippen molar-refractivity contribution in [3.63, 3.8) is 0 Å². The van der Waals surface area contributed by atoms with E-state index >= 15 is 0 Å². The number of nitro groups is 1. The fraction of sp³-hybridized carbons (Fsp3) is 0.200. The summed E-state index contributed by atoms with van der Waals surface area (Å²) in [5, 5.41) is 19.1. The van der Waals surface area contributed by atoms with Gasteiger partial charge in [0.2, 0.25) is 0 Å². The maximum Gasteiger partial charge on any atom is 0.408 e. The summed E-state index contributed by atoms with van der Waals surface area (Å²) >= 11 is 5.74. The van der Waals surface area contributed by atoms with E-state index < -0.39 is 10.7 Å². The number of fused-ring (bicyclic) bond motifs is 1. The Morgan fingerprint density at radius 2 is 2.24 bits per heavy atom. The molecule has 21 heavy (non-hydrogen) atoms. The third kappa shape index (κ3) is 2.25. The molecule has 10 nitrogen and oxygen atoms in total. The van der Waals surface area contributed by atoms with Crippen molar-refractivity contribution in [2.75, 3.05) is 5.73 Å². The summed E-state index contributed by atoms with van der Waals surface area (Å²) in [4.78, 5) is 18.5. The van der Waals surface area contributed by atoms with Crippen molar-refractivity contribution in [1.82, 2.24) is 29.5 Å². The number of halogens is 1. The van der Waals surface area contributed by atoms with Crippen molar-refractivity contribution in [1.29, 1.82) is 0 Å². The van der Waals surface area contributed by atoms with Crippen LogP contribution in [0.15, 0.2) is 12.4 Å². The third-order valence-electron chi connectivity index (χ3n) is 2.84. The van der Waals surface area contributed by atoms with Crippen LogP contribution in [0.1, 0.15) is 5.82 Å². The number of nitrogens with two attached hydrogens (primary N) is 1. The predicted molar refractivity (Wildman–Crippen MR) is 73.7 cm³/mol. The van der Waals surface area contributed by atoms with E-state index in [0.29, 0.717) is 16.9 Å². The molecule has 3 rings (SSSR count). The van der Waals surface area contributed by atoms with Gasteiger partial charge in [0.15, 0.2) is 16.5 Å². The quantitative estimate of drug-likeness (QED) is 0.558. The Labute approximate surface area is 122 Å². The van der Waals surface area contributed by atoms with Gasteiger partial charge in [0.1, 0.15) is 12.4 Å². The molecule has 0 saturated carbocycles. The van der Waals surface area contributed by atoms with Crippen LogP contribution < -0.4 is 5.73 Å². The molecule has 11 heteroatoms. The third-order valence-corrected chi connectivity index (χ3v) is 3.11. The Morgan fingerprint density at radius 1 is 1.48 bits per heavy atom. The molecule has 0 spiro atoms. The average molecular weight is 309 g/mol. The molecule has 3 aromatic heterocycles. The van der Waals surface area contributed by atoms with Crippen molar-refractivity contribution in [2.45, 2.75) is 6.54 Å². The molecule has 0 aliphatic rings. The second-order valence-electron chi connectivity index (χ2n) is 4.29. The first-order valence-corrected chi connectivity index (χ1v) is 6.15. The van der Waals surface area contributed by atoms with E-state index in [1.54, 1.807) is 17.9 Å². The van der Waals surface area contributed by atoms with Gasteiger partial charge in [-0.3, -0.25) is 4.68 Å². The SMILES string of the molecule is Cn1ncc2c(N)nc(Cn3cc(Cl)c([N+](=O)[O-])n3)nc21. The minimum absolute atomic E-state index is 0.0467. The average Bonchev–Trinajstić information content (AvgIpc) is 2.94. The van der Waals surface area contributed by atoms with Crippen LogP contribution in [0.3, 0.4) is 0 Å². The molecule has 0 radical (unpaired) electrons. The van der Waals surface area contributed by atoms with Gasteiger partial charge in [0.25, 0.3) is 0 Å². The number of hydrogen-bond acceptors (Lipinski definition) is 7. The van der Waals surface area contributed by atoms with Gasteiger partial charge in [-0.05, 0) is 4.92 Å². The highest BCUT2D eigenvalue weighted by atomic mass is 35.5. The molecule has 0 fully saturated rings. The number of aryl methyl sites for hydroxylation is 1. The largest absolute Gasteiger partial charge is 0.408 e. The lowest BCUT2D eigenvalue weighted by Gasteiger charge is -2.01. The molecule has 0 unspecified atom stereocenters. The van der Waals surface area contributed by atoms with Crippen LogP contribution in [-0.4, -0.2) is 34.5 Å². The van der Waals surface area contributed by atoms with Gasteiger partial charge in [0, 0.05) is 7.05 Å². The molecule has 0 aliphatic heterocycles. The lowest BCUT2D eigenvalue weighted by atomic mass is 10.4. The molecule has 0 amide bonds. The van der Waals surface area contributed by atoms with E-state index in [9.17, 15) is 10.1 Å². The van der Waals surface area contributed by atoms with E-state index in [1.165, 1.54) is 10.9 Å². The first kappa shape index (κ1) is 13.2. The van der Waals surface area contributed by atoms with Gasteiger partial charge in [-0.25, -0.2) is 9.97 Å². The number of hydrogen-bond donors (Lipinski definition) is 1. The standard InChI is InChI=1S/C10H9ClN8O2/c1-17-9-5(2-13-17)8(12)14-7(15-9)4-18-3-6(11)10(16-18)19(20)21/h2-3H,4H2,1H3,(H2,12,14,15). The lowest BCUT2D eigenvalue weighted by Crippen LogP contribution is -2.08. The number of nitrogen functional groups attached to an aromatic ring is 1. The molecular weight excluding hydrogens is 300 g/mol. The number of rotatable bonds is 3. The molecule has 3 heterocycles. The summed E-state index contributed by atoms with van der Waals surface area (Å²) in [5.74, 6) is 0.236. The molecule has 3 aromatic rings. The van der Waals surface area contributed by atoms with E-state index in [1.807, 2.05) is 0 Å². The number of nitrogens with zero attached hydrogens (tertiary/aromatic N) is 7.